The van der Waals surface area contributed by atoms with Crippen molar-refractivity contribution >= 4 is 40.0 Å². The van der Waals surface area contributed by atoms with E-state index in [1.165, 1.54) is 7.11 Å². The van der Waals surface area contributed by atoms with E-state index in [9.17, 15) is 13.8 Å². The standard InChI is InChI=1S/C13H16ClNO4S/c1-9(13(17)19-2)7-20(18)8-12(16)15-11-5-3-10(14)4-6-11/h3-6,9H,7-8H2,1-2H3,(H,15,16). The number of ether oxygens (including phenoxy) is 1. The van der Waals surface area contributed by atoms with Crippen molar-refractivity contribution in [3.63, 3.8) is 0 Å². The zero-order chi connectivity index (χ0) is 15.1. The van der Waals surface area contributed by atoms with Crippen LogP contribution in [0.3, 0.4) is 0 Å². The molecule has 2 unspecified atom stereocenters. The molecule has 0 heterocycles. The molecular formula is C13H16ClNO4S. The number of anilines is 1. The molecule has 0 aromatic heterocycles. The average molecular weight is 318 g/mol. The van der Waals surface area contributed by atoms with Crippen LogP contribution in [-0.2, 0) is 25.1 Å². The summed E-state index contributed by atoms with van der Waals surface area (Å²) >= 11 is 5.73. The molecule has 0 saturated carbocycles. The van der Waals surface area contributed by atoms with E-state index in [0.29, 0.717) is 10.7 Å². The topological polar surface area (TPSA) is 72.5 Å². The second-order valence-electron chi connectivity index (χ2n) is 4.23. The number of amides is 1. The van der Waals surface area contributed by atoms with Crippen LogP contribution >= 0.6 is 11.6 Å². The fraction of sp³-hybridized carbons (Fsp3) is 0.385. The molecule has 1 N–H and O–H groups in total. The van der Waals surface area contributed by atoms with E-state index in [0.717, 1.165) is 0 Å². The predicted octanol–water partition coefficient (Wildman–Crippen LogP) is 1.84. The highest BCUT2D eigenvalue weighted by atomic mass is 35.5. The maximum absolute atomic E-state index is 11.7. The summed E-state index contributed by atoms with van der Waals surface area (Å²) in [5.74, 6) is -1.37. The summed E-state index contributed by atoms with van der Waals surface area (Å²) < 4.78 is 16.3. The summed E-state index contributed by atoms with van der Waals surface area (Å²) in [6.45, 7) is 1.61. The number of esters is 1. The molecule has 0 aliphatic carbocycles. The first kappa shape index (κ1) is 16.7. The van der Waals surface area contributed by atoms with Gasteiger partial charge in [0, 0.05) is 27.3 Å². The summed E-state index contributed by atoms with van der Waals surface area (Å²) in [7, 11) is -0.147. The largest absolute Gasteiger partial charge is 0.469 e. The van der Waals surface area contributed by atoms with Gasteiger partial charge in [-0.3, -0.25) is 13.8 Å². The van der Waals surface area contributed by atoms with Gasteiger partial charge in [0.05, 0.1) is 13.0 Å². The SMILES string of the molecule is COC(=O)C(C)CS(=O)CC(=O)Nc1ccc(Cl)cc1. The first-order valence-corrected chi connectivity index (χ1v) is 7.77. The number of hydrogen-bond acceptors (Lipinski definition) is 4. The third-order valence-corrected chi connectivity index (χ3v) is 4.17. The first-order valence-electron chi connectivity index (χ1n) is 5.90. The molecule has 20 heavy (non-hydrogen) atoms. The summed E-state index contributed by atoms with van der Waals surface area (Å²) in [4.78, 5) is 22.9. The van der Waals surface area contributed by atoms with E-state index in [-0.39, 0.29) is 17.4 Å². The van der Waals surface area contributed by atoms with Gasteiger partial charge in [0.1, 0.15) is 5.75 Å². The average Bonchev–Trinajstić information content (AvgIpc) is 2.40. The van der Waals surface area contributed by atoms with Gasteiger partial charge in [-0.25, -0.2) is 0 Å². The number of benzene rings is 1. The van der Waals surface area contributed by atoms with E-state index < -0.39 is 22.7 Å². The molecule has 1 aromatic rings. The van der Waals surface area contributed by atoms with Gasteiger partial charge in [0.2, 0.25) is 5.91 Å². The van der Waals surface area contributed by atoms with Crippen molar-refractivity contribution < 1.29 is 18.5 Å². The minimum Gasteiger partial charge on any atom is -0.469 e. The van der Waals surface area contributed by atoms with Crippen molar-refractivity contribution in [3.05, 3.63) is 29.3 Å². The normalized spacial score (nSPS) is 13.3. The van der Waals surface area contributed by atoms with Gasteiger partial charge >= 0.3 is 5.97 Å². The monoisotopic (exact) mass is 317 g/mol. The van der Waals surface area contributed by atoms with Crippen LogP contribution < -0.4 is 5.32 Å². The van der Waals surface area contributed by atoms with Crippen molar-refractivity contribution in [2.75, 3.05) is 23.9 Å². The highest BCUT2D eigenvalue weighted by Crippen LogP contribution is 2.13. The lowest BCUT2D eigenvalue weighted by molar-refractivity contribution is -0.144. The number of halogens is 1. The predicted molar refractivity (Wildman–Crippen MR) is 79.1 cm³/mol. The van der Waals surface area contributed by atoms with Crippen molar-refractivity contribution in [2.24, 2.45) is 5.92 Å². The Hall–Kier alpha value is -1.40. The van der Waals surface area contributed by atoms with E-state index in [4.69, 9.17) is 11.6 Å². The lowest BCUT2D eigenvalue weighted by Crippen LogP contribution is -2.25. The van der Waals surface area contributed by atoms with Crippen molar-refractivity contribution in [1.82, 2.24) is 0 Å². The van der Waals surface area contributed by atoms with Gasteiger partial charge in [-0.1, -0.05) is 18.5 Å². The lowest BCUT2D eigenvalue weighted by Gasteiger charge is -2.09. The number of hydrogen-bond donors (Lipinski definition) is 1. The molecule has 5 nitrogen and oxygen atoms in total. The second-order valence-corrected chi connectivity index (χ2v) is 6.17. The van der Waals surface area contributed by atoms with Crippen molar-refractivity contribution in [1.29, 1.82) is 0 Å². The maximum atomic E-state index is 11.7. The molecule has 0 spiro atoms. The van der Waals surface area contributed by atoms with Crippen LogP contribution in [0, 0.1) is 5.92 Å². The smallest absolute Gasteiger partial charge is 0.309 e. The van der Waals surface area contributed by atoms with Crippen LogP contribution in [-0.4, -0.2) is 34.7 Å². The molecule has 0 radical (unpaired) electrons. The van der Waals surface area contributed by atoms with Gasteiger partial charge in [0.25, 0.3) is 0 Å². The van der Waals surface area contributed by atoms with E-state index >= 15 is 0 Å². The van der Waals surface area contributed by atoms with Gasteiger partial charge in [-0.15, -0.1) is 0 Å². The molecule has 0 fully saturated rings. The third kappa shape index (κ3) is 5.71. The zero-order valence-electron chi connectivity index (χ0n) is 11.2. The highest BCUT2D eigenvalue weighted by Gasteiger charge is 2.18. The van der Waals surface area contributed by atoms with Gasteiger partial charge in [-0.05, 0) is 24.3 Å². The minimum absolute atomic E-state index is 0.0979. The van der Waals surface area contributed by atoms with Crippen molar-refractivity contribution in [2.45, 2.75) is 6.92 Å². The Morgan fingerprint density at radius 2 is 1.95 bits per heavy atom. The molecular weight excluding hydrogens is 302 g/mol. The quantitative estimate of drug-likeness (QED) is 0.813. The Labute approximate surface area is 125 Å². The molecule has 0 saturated heterocycles. The number of nitrogens with one attached hydrogen (secondary N) is 1. The van der Waals surface area contributed by atoms with E-state index in [1.807, 2.05) is 0 Å². The molecule has 0 bridgehead atoms. The van der Waals surface area contributed by atoms with Gasteiger partial charge in [-0.2, -0.15) is 0 Å². The molecule has 2 atom stereocenters. The van der Waals surface area contributed by atoms with Crippen LogP contribution in [0.4, 0.5) is 5.69 Å². The lowest BCUT2D eigenvalue weighted by atomic mass is 10.2. The summed E-state index contributed by atoms with van der Waals surface area (Å²) in [6, 6.07) is 6.60. The number of rotatable bonds is 6. The first-order chi connectivity index (χ1) is 9.42. The number of carbonyl (C=O) groups excluding carboxylic acids is 2. The fourth-order valence-corrected chi connectivity index (χ4v) is 2.79. The molecule has 1 rings (SSSR count). The van der Waals surface area contributed by atoms with Crippen LogP contribution in [0.1, 0.15) is 6.92 Å². The summed E-state index contributed by atoms with van der Waals surface area (Å²) in [5.41, 5.74) is 0.581. The Balaban J connectivity index is 2.44. The number of methoxy groups -OCH3 is 1. The van der Waals surface area contributed by atoms with Crippen LogP contribution in [0.15, 0.2) is 24.3 Å². The summed E-state index contributed by atoms with van der Waals surface area (Å²) in [6.07, 6.45) is 0. The Bertz CT molecular complexity index is 504. The van der Waals surface area contributed by atoms with Gasteiger partial charge in [0.15, 0.2) is 0 Å². The zero-order valence-corrected chi connectivity index (χ0v) is 12.8. The van der Waals surface area contributed by atoms with Gasteiger partial charge < -0.3 is 10.1 Å². The van der Waals surface area contributed by atoms with E-state index in [1.54, 1.807) is 31.2 Å². The van der Waals surface area contributed by atoms with E-state index in [2.05, 4.69) is 10.1 Å². The Kier molecular flexibility index (Phi) is 6.67. The minimum atomic E-state index is -1.42. The van der Waals surface area contributed by atoms with Crippen LogP contribution in [0.5, 0.6) is 0 Å². The van der Waals surface area contributed by atoms with Crippen LogP contribution in [0.2, 0.25) is 5.02 Å². The van der Waals surface area contributed by atoms with Crippen molar-refractivity contribution in [3.8, 4) is 0 Å². The molecule has 110 valence electrons. The molecule has 0 aliphatic rings. The Morgan fingerprint density at radius 1 is 1.35 bits per heavy atom. The van der Waals surface area contributed by atoms with Crippen LogP contribution in [0.25, 0.3) is 0 Å². The molecule has 1 amide bonds. The highest BCUT2D eigenvalue weighted by molar-refractivity contribution is 7.85. The maximum Gasteiger partial charge on any atom is 0.309 e. The number of carbonyl (C=O) groups is 2. The second kappa shape index (κ2) is 8.01. The molecule has 0 aliphatic heterocycles. The molecule has 7 heteroatoms. The fourth-order valence-electron chi connectivity index (χ4n) is 1.48. The third-order valence-electron chi connectivity index (χ3n) is 2.46. The molecule has 1 aromatic carbocycles. The summed E-state index contributed by atoms with van der Waals surface area (Å²) in [5, 5.41) is 3.18. The Morgan fingerprint density at radius 3 is 2.50 bits per heavy atom.